The van der Waals surface area contributed by atoms with Crippen LogP contribution in [0.25, 0.3) is 0 Å². The summed E-state index contributed by atoms with van der Waals surface area (Å²) >= 11 is 0. The molecule has 28 heavy (non-hydrogen) atoms. The number of aryl methyl sites for hydroxylation is 3. The summed E-state index contributed by atoms with van der Waals surface area (Å²) in [7, 11) is 0. The monoisotopic (exact) mass is 382 g/mol. The number of hydrogen-bond donors (Lipinski definition) is 0. The molecule has 3 aliphatic rings. The third-order valence-electron chi connectivity index (χ3n) is 6.57. The molecule has 2 aliphatic heterocycles. The zero-order valence-corrected chi connectivity index (χ0v) is 16.6. The molecule has 0 N–H and O–H groups in total. The third-order valence-corrected chi connectivity index (χ3v) is 6.57. The highest BCUT2D eigenvalue weighted by Gasteiger charge is 2.21. The number of fused-ring (bicyclic) bond motifs is 2. The van der Waals surface area contributed by atoms with Crippen molar-refractivity contribution in [1.82, 2.24) is 29.1 Å². The molecule has 0 radical (unpaired) electrons. The van der Waals surface area contributed by atoms with Crippen molar-refractivity contribution in [2.45, 2.75) is 58.2 Å². The van der Waals surface area contributed by atoms with Crippen LogP contribution in [0.2, 0.25) is 0 Å². The fraction of sp³-hybridized carbons (Fsp3) is 0.667. The van der Waals surface area contributed by atoms with Gasteiger partial charge in [0, 0.05) is 57.2 Å². The molecule has 4 heterocycles. The maximum absolute atomic E-state index is 12.3. The van der Waals surface area contributed by atoms with Crippen molar-refractivity contribution in [2.24, 2.45) is 0 Å². The topological polar surface area (TPSA) is 59.2 Å². The van der Waals surface area contributed by atoms with E-state index in [1.807, 2.05) is 0 Å². The van der Waals surface area contributed by atoms with Gasteiger partial charge in [-0.15, -0.1) is 0 Å². The van der Waals surface area contributed by atoms with Crippen LogP contribution in [0.15, 0.2) is 17.1 Å². The number of aromatic nitrogens is 4. The van der Waals surface area contributed by atoms with E-state index in [-0.39, 0.29) is 5.56 Å². The van der Waals surface area contributed by atoms with Gasteiger partial charge in [-0.05, 0) is 44.1 Å². The molecule has 2 aromatic heterocycles. The van der Waals surface area contributed by atoms with Gasteiger partial charge in [-0.3, -0.25) is 14.6 Å². The summed E-state index contributed by atoms with van der Waals surface area (Å²) in [6, 6.07) is 1.80. The van der Waals surface area contributed by atoms with Crippen LogP contribution in [-0.4, -0.2) is 61.9 Å². The first-order valence-electron chi connectivity index (χ1n) is 10.8. The van der Waals surface area contributed by atoms with Gasteiger partial charge in [-0.25, -0.2) is 9.67 Å². The summed E-state index contributed by atoms with van der Waals surface area (Å²) in [6.07, 6.45) is 8.99. The van der Waals surface area contributed by atoms with Gasteiger partial charge >= 0.3 is 0 Å². The molecule has 0 atom stereocenters. The average Bonchev–Trinajstić information content (AvgIpc) is 3.34. The summed E-state index contributed by atoms with van der Waals surface area (Å²) in [4.78, 5) is 21.9. The van der Waals surface area contributed by atoms with E-state index in [0.29, 0.717) is 6.54 Å². The van der Waals surface area contributed by atoms with Gasteiger partial charge in [-0.1, -0.05) is 0 Å². The van der Waals surface area contributed by atoms with Gasteiger partial charge in [-0.2, -0.15) is 5.10 Å². The molecule has 2 aromatic rings. The van der Waals surface area contributed by atoms with Crippen LogP contribution < -0.4 is 5.56 Å². The quantitative estimate of drug-likeness (QED) is 0.775. The summed E-state index contributed by atoms with van der Waals surface area (Å²) in [5.41, 5.74) is 3.76. The Morgan fingerprint density at radius 3 is 2.64 bits per heavy atom. The number of nitrogens with zero attached hydrogens (tertiary/aromatic N) is 6. The van der Waals surface area contributed by atoms with Gasteiger partial charge in [0.2, 0.25) is 0 Å². The molecule has 0 amide bonds. The Morgan fingerprint density at radius 1 is 0.893 bits per heavy atom. The second-order valence-corrected chi connectivity index (χ2v) is 8.42. The summed E-state index contributed by atoms with van der Waals surface area (Å²) < 4.78 is 4.11. The highest BCUT2D eigenvalue weighted by Crippen LogP contribution is 2.19. The average molecular weight is 383 g/mol. The molecule has 0 bridgehead atoms. The number of hydrogen-bond acceptors (Lipinski definition) is 5. The molecule has 1 saturated heterocycles. The Kier molecular flexibility index (Phi) is 5.03. The van der Waals surface area contributed by atoms with Crippen LogP contribution in [-0.2, 0) is 38.9 Å². The zero-order chi connectivity index (χ0) is 18.9. The third kappa shape index (κ3) is 3.65. The van der Waals surface area contributed by atoms with Crippen molar-refractivity contribution in [1.29, 1.82) is 0 Å². The fourth-order valence-electron chi connectivity index (χ4n) is 4.84. The van der Waals surface area contributed by atoms with E-state index in [1.165, 1.54) is 30.8 Å². The van der Waals surface area contributed by atoms with Crippen LogP contribution in [0.4, 0.5) is 0 Å². The van der Waals surface area contributed by atoms with E-state index in [2.05, 4.69) is 30.6 Å². The normalized spacial score (nSPS) is 20.3. The minimum Gasteiger partial charge on any atom is -0.331 e. The molecule has 7 heteroatoms. The van der Waals surface area contributed by atoms with E-state index in [4.69, 9.17) is 0 Å². The van der Waals surface area contributed by atoms with E-state index >= 15 is 0 Å². The molecular weight excluding hydrogens is 352 g/mol. The number of imidazole rings is 1. The van der Waals surface area contributed by atoms with Crippen molar-refractivity contribution >= 4 is 0 Å². The zero-order valence-electron chi connectivity index (χ0n) is 16.6. The molecule has 0 saturated carbocycles. The Hall–Kier alpha value is -1.99. The largest absolute Gasteiger partial charge is 0.331 e. The maximum atomic E-state index is 12.3. The van der Waals surface area contributed by atoms with Crippen LogP contribution in [0.3, 0.4) is 0 Å². The minimum atomic E-state index is 0.0587. The Labute approximate surface area is 166 Å². The van der Waals surface area contributed by atoms with Crippen LogP contribution in [0, 0.1) is 0 Å². The smallest absolute Gasteiger partial charge is 0.267 e. The lowest BCUT2D eigenvalue weighted by molar-refractivity contribution is 0.119. The van der Waals surface area contributed by atoms with Crippen LogP contribution in [0.1, 0.15) is 42.0 Å². The Morgan fingerprint density at radius 2 is 1.75 bits per heavy atom. The van der Waals surface area contributed by atoms with Crippen LogP contribution in [0.5, 0.6) is 0 Å². The SMILES string of the molecule is O=c1cc2c(nn1CCN1CCN(Cc3ncc4n3CCCC4)CC1)CCC2. The lowest BCUT2D eigenvalue weighted by Gasteiger charge is -2.34. The Bertz CT molecular complexity index is 893. The highest BCUT2D eigenvalue weighted by atomic mass is 16.1. The maximum Gasteiger partial charge on any atom is 0.267 e. The lowest BCUT2D eigenvalue weighted by Crippen LogP contribution is -2.47. The predicted octanol–water partition coefficient (Wildman–Crippen LogP) is 1.08. The van der Waals surface area contributed by atoms with Crippen LogP contribution >= 0.6 is 0 Å². The van der Waals surface area contributed by atoms with Gasteiger partial charge < -0.3 is 4.57 Å². The van der Waals surface area contributed by atoms with Crippen molar-refractivity contribution in [2.75, 3.05) is 32.7 Å². The number of piperazine rings is 1. The molecule has 150 valence electrons. The van der Waals surface area contributed by atoms with Gasteiger partial charge in [0.15, 0.2) is 0 Å². The molecule has 0 aromatic carbocycles. The lowest BCUT2D eigenvalue weighted by atomic mass is 10.1. The van der Waals surface area contributed by atoms with Gasteiger partial charge in [0.05, 0.1) is 18.8 Å². The Balaban J connectivity index is 1.13. The highest BCUT2D eigenvalue weighted by molar-refractivity contribution is 5.22. The first kappa shape index (κ1) is 18.1. The standard InChI is InChI=1S/C21H30N6O/c28-21-14-17-4-3-6-19(17)23-27(21)13-12-24-8-10-25(11-9-24)16-20-22-15-18-5-1-2-7-26(18)20/h14-15H,1-13,16H2. The first-order chi connectivity index (χ1) is 13.8. The van der Waals surface area contributed by atoms with Crippen molar-refractivity contribution in [3.63, 3.8) is 0 Å². The fourth-order valence-corrected chi connectivity index (χ4v) is 4.84. The molecule has 5 rings (SSSR count). The number of rotatable bonds is 5. The second-order valence-electron chi connectivity index (χ2n) is 8.42. The molecular formula is C21H30N6O. The molecule has 0 spiro atoms. The van der Waals surface area contributed by atoms with E-state index in [0.717, 1.165) is 76.3 Å². The van der Waals surface area contributed by atoms with Crippen molar-refractivity contribution < 1.29 is 0 Å². The van der Waals surface area contributed by atoms with E-state index < -0.39 is 0 Å². The predicted molar refractivity (Wildman–Crippen MR) is 107 cm³/mol. The first-order valence-corrected chi connectivity index (χ1v) is 10.8. The second kappa shape index (κ2) is 7.79. The molecule has 1 fully saturated rings. The van der Waals surface area contributed by atoms with Crippen molar-refractivity contribution in [3.05, 3.63) is 45.4 Å². The summed E-state index contributed by atoms with van der Waals surface area (Å²) in [5, 5.41) is 4.60. The summed E-state index contributed by atoms with van der Waals surface area (Å²) in [6.45, 7) is 7.91. The van der Waals surface area contributed by atoms with E-state index in [9.17, 15) is 4.79 Å². The minimum absolute atomic E-state index is 0.0587. The van der Waals surface area contributed by atoms with Gasteiger partial charge in [0.25, 0.3) is 5.56 Å². The molecule has 1 aliphatic carbocycles. The van der Waals surface area contributed by atoms with Gasteiger partial charge in [0.1, 0.15) is 5.82 Å². The molecule has 0 unspecified atom stereocenters. The molecule has 7 nitrogen and oxygen atoms in total. The van der Waals surface area contributed by atoms with E-state index in [1.54, 1.807) is 10.7 Å². The summed E-state index contributed by atoms with van der Waals surface area (Å²) in [5.74, 6) is 1.23. The van der Waals surface area contributed by atoms with Crippen molar-refractivity contribution in [3.8, 4) is 0 Å².